The Bertz CT molecular complexity index is 381. The molecule has 0 spiro atoms. The lowest BCUT2D eigenvalue weighted by molar-refractivity contribution is 0.129. The smallest absolute Gasteiger partial charge is 0.0802 e. The summed E-state index contributed by atoms with van der Waals surface area (Å²) >= 11 is 5.97. The molecule has 1 aromatic rings. The number of halogens is 1. The van der Waals surface area contributed by atoms with Crippen molar-refractivity contribution in [3.63, 3.8) is 0 Å². The highest BCUT2D eigenvalue weighted by Gasteiger charge is 2.13. The van der Waals surface area contributed by atoms with Crippen molar-refractivity contribution in [2.45, 2.75) is 58.6 Å². The quantitative estimate of drug-likeness (QED) is 0.670. The predicted octanol–water partition coefficient (Wildman–Crippen LogP) is 4.66. The van der Waals surface area contributed by atoms with Crippen molar-refractivity contribution in [2.75, 3.05) is 13.1 Å². The second kappa shape index (κ2) is 9.38. The first-order valence-electron chi connectivity index (χ1n) is 7.72. The molecule has 0 amide bonds. The molecule has 0 fully saturated rings. The lowest BCUT2D eigenvalue weighted by Gasteiger charge is -2.27. The molecule has 114 valence electrons. The van der Waals surface area contributed by atoms with Gasteiger partial charge in [-0.2, -0.15) is 0 Å². The Labute approximate surface area is 128 Å². The summed E-state index contributed by atoms with van der Waals surface area (Å²) in [5.41, 5.74) is 0.912. The summed E-state index contributed by atoms with van der Waals surface area (Å²) in [6.07, 6.45) is 4.09. The monoisotopic (exact) mass is 297 g/mol. The second-order valence-corrected chi connectivity index (χ2v) is 6.13. The molecular formula is C17H28ClNO. The summed E-state index contributed by atoms with van der Waals surface area (Å²) in [7, 11) is 0. The van der Waals surface area contributed by atoms with Crippen LogP contribution in [0.3, 0.4) is 0 Å². The minimum Gasteiger partial charge on any atom is -0.388 e. The van der Waals surface area contributed by atoms with E-state index < -0.39 is 6.10 Å². The van der Waals surface area contributed by atoms with Gasteiger partial charge in [-0.1, -0.05) is 43.5 Å². The molecule has 0 saturated heterocycles. The van der Waals surface area contributed by atoms with E-state index in [9.17, 15) is 5.11 Å². The van der Waals surface area contributed by atoms with Gasteiger partial charge in [0.1, 0.15) is 0 Å². The highest BCUT2D eigenvalue weighted by molar-refractivity contribution is 6.30. The maximum Gasteiger partial charge on any atom is 0.0802 e. The third-order valence-corrected chi connectivity index (χ3v) is 3.94. The number of benzene rings is 1. The van der Waals surface area contributed by atoms with Crippen LogP contribution in [0.15, 0.2) is 24.3 Å². The van der Waals surface area contributed by atoms with E-state index in [4.69, 9.17) is 11.6 Å². The highest BCUT2D eigenvalue weighted by Crippen LogP contribution is 2.21. The van der Waals surface area contributed by atoms with Gasteiger partial charge in [0, 0.05) is 17.6 Å². The molecule has 1 unspecified atom stereocenters. The third kappa shape index (κ3) is 6.25. The van der Waals surface area contributed by atoms with Crippen LogP contribution in [0.2, 0.25) is 5.02 Å². The number of aliphatic hydroxyl groups excluding tert-OH is 1. The molecule has 0 heterocycles. The van der Waals surface area contributed by atoms with E-state index in [-0.39, 0.29) is 0 Å². The van der Waals surface area contributed by atoms with Crippen LogP contribution in [0.25, 0.3) is 0 Å². The van der Waals surface area contributed by atoms with Crippen LogP contribution in [-0.2, 0) is 0 Å². The van der Waals surface area contributed by atoms with Crippen LogP contribution >= 0.6 is 11.6 Å². The molecule has 2 nitrogen and oxygen atoms in total. The molecule has 0 aliphatic rings. The van der Waals surface area contributed by atoms with Gasteiger partial charge in [0.05, 0.1) is 6.10 Å². The van der Waals surface area contributed by atoms with Gasteiger partial charge in [-0.25, -0.2) is 0 Å². The predicted molar refractivity (Wildman–Crippen MR) is 87.3 cm³/mol. The number of hydrogen-bond donors (Lipinski definition) is 1. The van der Waals surface area contributed by atoms with Crippen molar-refractivity contribution in [1.82, 2.24) is 4.90 Å². The minimum atomic E-state index is -0.430. The van der Waals surface area contributed by atoms with E-state index >= 15 is 0 Å². The number of rotatable bonds is 9. The van der Waals surface area contributed by atoms with Gasteiger partial charge < -0.3 is 10.0 Å². The molecule has 3 heteroatoms. The van der Waals surface area contributed by atoms with E-state index in [1.807, 2.05) is 24.3 Å². The normalized spacial score (nSPS) is 13.2. The Morgan fingerprint density at radius 3 is 2.55 bits per heavy atom. The lowest BCUT2D eigenvalue weighted by Crippen LogP contribution is -2.33. The van der Waals surface area contributed by atoms with Crippen molar-refractivity contribution < 1.29 is 5.11 Å². The third-order valence-electron chi connectivity index (χ3n) is 3.70. The van der Waals surface area contributed by atoms with Gasteiger partial charge in [-0.15, -0.1) is 0 Å². The standard InChI is InChI=1S/C17H28ClNO/c1-4-5-6-11-19(14(2)3)12-10-17(20)15-8-7-9-16(18)13-15/h7-9,13-14,17,20H,4-6,10-12H2,1-3H3. The SMILES string of the molecule is CCCCCN(CCC(O)c1cccc(Cl)c1)C(C)C. The number of hydrogen-bond acceptors (Lipinski definition) is 2. The molecule has 1 aromatic carbocycles. The number of unbranched alkanes of at least 4 members (excludes halogenated alkanes) is 2. The topological polar surface area (TPSA) is 23.5 Å². The van der Waals surface area contributed by atoms with E-state index in [0.29, 0.717) is 11.1 Å². The van der Waals surface area contributed by atoms with Gasteiger partial charge in [-0.05, 0) is 50.9 Å². The molecule has 0 saturated carbocycles. The molecule has 1 rings (SSSR count). The highest BCUT2D eigenvalue weighted by atomic mass is 35.5. The van der Waals surface area contributed by atoms with Crippen molar-refractivity contribution in [2.24, 2.45) is 0 Å². The summed E-state index contributed by atoms with van der Waals surface area (Å²) in [6.45, 7) is 8.71. The summed E-state index contributed by atoms with van der Waals surface area (Å²) in [6, 6.07) is 8.04. The summed E-state index contributed by atoms with van der Waals surface area (Å²) in [5, 5.41) is 10.9. The van der Waals surface area contributed by atoms with Crippen LogP contribution in [-0.4, -0.2) is 29.1 Å². The molecule has 1 atom stereocenters. The molecule has 1 N–H and O–H groups in total. The summed E-state index contributed by atoms with van der Waals surface area (Å²) in [5.74, 6) is 0. The average molecular weight is 298 g/mol. The van der Waals surface area contributed by atoms with Crippen LogP contribution in [0, 0.1) is 0 Å². The van der Waals surface area contributed by atoms with Crippen molar-refractivity contribution in [3.8, 4) is 0 Å². The number of aliphatic hydroxyl groups is 1. The van der Waals surface area contributed by atoms with Crippen LogP contribution in [0.5, 0.6) is 0 Å². The maximum absolute atomic E-state index is 10.3. The van der Waals surface area contributed by atoms with Crippen LogP contribution in [0.4, 0.5) is 0 Å². The molecular weight excluding hydrogens is 270 g/mol. The second-order valence-electron chi connectivity index (χ2n) is 5.70. The van der Waals surface area contributed by atoms with Gasteiger partial charge >= 0.3 is 0 Å². The molecule has 0 aromatic heterocycles. The minimum absolute atomic E-state index is 0.430. The molecule has 0 aliphatic carbocycles. The van der Waals surface area contributed by atoms with Crippen molar-refractivity contribution in [1.29, 1.82) is 0 Å². The van der Waals surface area contributed by atoms with Gasteiger partial charge in [0.2, 0.25) is 0 Å². The van der Waals surface area contributed by atoms with Gasteiger partial charge in [0.25, 0.3) is 0 Å². The first-order valence-corrected chi connectivity index (χ1v) is 8.10. The largest absolute Gasteiger partial charge is 0.388 e. The lowest BCUT2D eigenvalue weighted by atomic mass is 10.1. The molecule has 0 bridgehead atoms. The zero-order chi connectivity index (χ0) is 15.0. The first-order chi connectivity index (χ1) is 9.54. The Kier molecular flexibility index (Phi) is 8.20. The van der Waals surface area contributed by atoms with E-state index in [0.717, 1.165) is 25.1 Å². The number of nitrogens with zero attached hydrogens (tertiary/aromatic N) is 1. The van der Waals surface area contributed by atoms with E-state index in [2.05, 4.69) is 25.7 Å². The van der Waals surface area contributed by atoms with Crippen molar-refractivity contribution in [3.05, 3.63) is 34.9 Å². The Morgan fingerprint density at radius 1 is 1.20 bits per heavy atom. The Hall–Kier alpha value is -0.570. The van der Waals surface area contributed by atoms with Gasteiger partial charge in [0.15, 0.2) is 0 Å². The molecule has 0 radical (unpaired) electrons. The maximum atomic E-state index is 10.3. The van der Waals surface area contributed by atoms with E-state index in [1.54, 1.807) is 0 Å². The van der Waals surface area contributed by atoms with E-state index in [1.165, 1.54) is 19.3 Å². The summed E-state index contributed by atoms with van der Waals surface area (Å²) in [4.78, 5) is 2.45. The van der Waals surface area contributed by atoms with Gasteiger partial charge in [-0.3, -0.25) is 0 Å². The summed E-state index contributed by atoms with van der Waals surface area (Å²) < 4.78 is 0. The first kappa shape index (κ1) is 17.5. The van der Waals surface area contributed by atoms with Crippen LogP contribution in [0.1, 0.15) is 58.1 Å². The van der Waals surface area contributed by atoms with Crippen molar-refractivity contribution >= 4 is 11.6 Å². The zero-order valence-corrected chi connectivity index (χ0v) is 13.7. The molecule has 20 heavy (non-hydrogen) atoms. The Morgan fingerprint density at radius 2 is 1.95 bits per heavy atom. The fraction of sp³-hybridized carbons (Fsp3) is 0.647. The van der Waals surface area contributed by atoms with Crippen LogP contribution < -0.4 is 0 Å². The zero-order valence-electron chi connectivity index (χ0n) is 13.0. The Balaban J connectivity index is 2.45. The molecule has 0 aliphatic heterocycles. The fourth-order valence-corrected chi connectivity index (χ4v) is 2.56. The average Bonchev–Trinajstić information content (AvgIpc) is 2.42. The fourth-order valence-electron chi connectivity index (χ4n) is 2.36.